The van der Waals surface area contributed by atoms with Crippen LogP contribution in [0, 0.1) is 0 Å². The predicted octanol–water partition coefficient (Wildman–Crippen LogP) is 4.30. The van der Waals surface area contributed by atoms with Gasteiger partial charge >= 0.3 is 0 Å². The molecule has 1 atom stereocenters. The van der Waals surface area contributed by atoms with Gasteiger partial charge in [0.15, 0.2) is 0 Å². The Morgan fingerprint density at radius 2 is 1.94 bits per heavy atom. The van der Waals surface area contributed by atoms with Crippen molar-refractivity contribution in [3.05, 3.63) is 56.9 Å². The Morgan fingerprint density at radius 1 is 1.28 bits per heavy atom. The Morgan fingerprint density at radius 3 is 2.50 bits per heavy atom. The van der Waals surface area contributed by atoms with Crippen molar-refractivity contribution in [3.8, 4) is 0 Å². The number of hydrogen-bond acceptors (Lipinski definition) is 2. The minimum atomic E-state index is -0.162. The zero-order chi connectivity index (χ0) is 13.1. The van der Waals surface area contributed by atoms with Gasteiger partial charge in [-0.25, -0.2) is 0 Å². The summed E-state index contributed by atoms with van der Waals surface area (Å²) < 4.78 is 6.95. The molecule has 2 rings (SSSR count). The van der Waals surface area contributed by atoms with Crippen molar-refractivity contribution >= 4 is 37.8 Å². The molecule has 0 spiro atoms. The highest BCUT2D eigenvalue weighted by Crippen LogP contribution is 2.21. The number of benzene rings is 1. The first-order valence-electron chi connectivity index (χ1n) is 5.36. The summed E-state index contributed by atoms with van der Waals surface area (Å²) in [6.45, 7) is 1.88. The summed E-state index contributed by atoms with van der Waals surface area (Å²) in [5.74, 6) is 0.596. The van der Waals surface area contributed by atoms with Gasteiger partial charge in [0.05, 0.1) is 12.3 Å². The second kappa shape index (κ2) is 5.71. The SMILES string of the molecule is CC(NC(=O)c1cc(Br)cc(Br)c1)c1ccco1. The highest BCUT2D eigenvalue weighted by atomic mass is 79.9. The van der Waals surface area contributed by atoms with Crippen molar-refractivity contribution < 1.29 is 9.21 Å². The zero-order valence-corrected chi connectivity index (χ0v) is 12.8. The van der Waals surface area contributed by atoms with Crippen molar-refractivity contribution in [3.63, 3.8) is 0 Å². The van der Waals surface area contributed by atoms with Crippen LogP contribution in [0.5, 0.6) is 0 Å². The van der Waals surface area contributed by atoms with Crippen molar-refractivity contribution in [1.29, 1.82) is 0 Å². The molecule has 1 amide bonds. The van der Waals surface area contributed by atoms with Gasteiger partial charge in [-0.2, -0.15) is 0 Å². The topological polar surface area (TPSA) is 42.2 Å². The molecule has 0 radical (unpaired) electrons. The third-order valence-corrected chi connectivity index (χ3v) is 3.36. The van der Waals surface area contributed by atoms with Crippen LogP contribution in [0.25, 0.3) is 0 Å². The number of rotatable bonds is 3. The summed E-state index contributed by atoms with van der Waals surface area (Å²) in [5.41, 5.74) is 0.592. The normalized spacial score (nSPS) is 12.2. The average Bonchev–Trinajstić information content (AvgIpc) is 2.80. The molecule has 94 valence electrons. The van der Waals surface area contributed by atoms with E-state index in [-0.39, 0.29) is 11.9 Å². The van der Waals surface area contributed by atoms with Crippen molar-refractivity contribution in [2.24, 2.45) is 0 Å². The molecule has 1 unspecified atom stereocenters. The molecular weight excluding hydrogens is 362 g/mol. The van der Waals surface area contributed by atoms with Gasteiger partial charge < -0.3 is 9.73 Å². The van der Waals surface area contributed by atoms with Crippen LogP contribution in [0.2, 0.25) is 0 Å². The van der Waals surface area contributed by atoms with Gasteiger partial charge in [-0.3, -0.25) is 4.79 Å². The molecule has 0 saturated heterocycles. The third kappa shape index (κ3) is 3.23. The van der Waals surface area contributed by atoms with Crippen LogP contribution < -0.4 is 5.32 Å². The lowest BCUT2D eigenvalue weighted by Gasteiger charge is -2.11. The lowest BCUT2D eigenvalue weighted by molar-refractivity contribution is 0.0935. The van der Waals surface area contributed by atoms with Crippen LogP contribution in [-0.4, -0.2) is 5.91 Å². The summed E-state index contributed by atoms with van der Waals surface area (Å²) in [7, 11) is 0. The molecule has 0 aliphatic heterocycles. The lowest BCUT2D eigenvalue weighted by Crippen LogP contribution is -2.26. The van der Waals surface area contributed by atoms with Crippen LogP contribution in [0.3, 0.4) is 0 Å². The zero-order valence-electron chi connectivity index (χ0n) is 9.61. The lowest BCUT2D eigenvalue weighted by atomic mass is 10.2. The fourth-order valence-corrected chi connectivity index (χ4v) is 2.87. The summed E-state index contributed by atoms with van der Waals surface area (Å²) in [4.78, 5) is 12.1. The van der Waals surface area contributed by atoms with E-state index in [1.165, 1.54) is 0 Å². The molecule has 0 aliphatic carbocycles. The number of amides is 1. The van der Waals surface area contributed by atoms with E-state index in [9.17, 15) is 4.79 Å². The summed E-state index contributed by atoms with van der Waals surface area (Å²) in [6, 6.07) is 8.90. The molecule has 1 heterocycles. The quantitative estimate of drug-likeness (QED) is 0.872. The van der Waals surface area contributed by atoms with E-state index in [1.54, 1.807) is 24.5 Å². The number of hydrogen-bond donors (Lipinski definition) is 1. The monoisotopic (exact) mass is 371 g/mol. The fraction of sp³-hybridized carbons (Fsp3) is 0.154. The van der Waals surface area contributed by atoms with E-state index in [1.807, 2.05) is 19.1 Å². The van der Waals surface area contributed by atoms with Gasteiger partial charge in [0.2, 0.25) is 0 Å². The van der Waals surface area contributed by atoms with E-state index >= 15 is 0 Å². The highest BCUT2D eigenvalue weighted by molar-refractivity contribution is 9.11. The van der Waals surface area contributed by atoms with Gasteiger partial charge in [-0.1, -0.05) is 31.9 Å². The first-order valence-corrected chi connectivity index (χ1v) is 6.95. The summed E-state index contributed by atoms with van der Waals surface area (Å²) in [6.07, 6.45) is 1.59. The molecule has 2 aromatic rings. The first-order chi connectivity index (χ1) is 8.56. The van der Waals surface area contributed by atoms with Gasteiger partial charge in [-0.05, 0) is 37.3 Å². The largest absolute Gasteiger partial charge is 0.467 e. The van der Waals surface area contributed by atoms with Crippen LogP contribution in [0.15, 0.2) is 50.0 Å². The minimum Gasteiger partial charge on any atom is -0.467 e. The average molecular weight is 373 g/mol. The highest BCUT2D eigenvalue weighted by Gasteiger charge is 2.14. The van der Waals surface area contributed by atoms with Crippen LogP contribution in [0.4, 0.5) is 0 Å². The molecule has 0 bridgehead atoms. The van der Waals surface area contributed by atoms with Crippen LogP contribution in [0.1, 0.15) is 29.1 Å². The Balaban J connectivity index is 2.12. The first kappa shape index (κ1) is 13.4. The number of carbonyl (C=O) groups excluding carboxylic acids is 1. The Hall–Kier alpha value is -1.07. The molecule has 0 aliphatic rings. The second-order valence-electron chi connectivity index (χ2n) is 3.87. The van der Waals surface area contributed by atoms with Crippen molar-refractivity contribution in [2.45, 2.75) is 13.0 Å². The molecule has 5 heteroatoms. The van der Waals surface area contributed by atoms with E-state index in [2.05, 4.69) is 37.2 Å². The molecule has 18 heavy (non-hydrogen) atoms. The van der Waals surface area contributed by atoms with Gasteiger partial charge in [0.1, 0.15) is 5.76 Å². The summed E-state index contributed by atoms with van der Waals surface area (Å²) >= 11 is 6.72. The van der Waals surface area contributed by atoms with E-state index in [0.717, 1.165) is 14.7 Å². The van der Waals surface area contributed by atoms with E-state index < -0.39 is 0 Å². The maximum absolute atomic E-state index is 12.1. The number of halogens is 2. The second-order valence-corrected chi connectivity index (χ2v) is 5.70. The number of nitrogens with one attached hydrogen (secondary N) is 1. The third-order valence-electron chi connectivity index (χ3n) is 2.44. The molecule has 0 saturated carbocycles. The van der Waals surface area contributed by atoms with Gasteiger partial charge in [0.25, 0.3) is 5.91 Å². The van der Waals surface area contributed by atoms with Crippen molar-refractivity contribution in [2.75, 3.05) is 0 Å². The fourth-order valence-electron chi connectivity index (χ4n) is 1.57. The smallest absolute Gasteiger partial charge is 0.251 e. The summed E-state index contributed by atoms with van der Waals surface area (Å²) in [5, 5.41) is 2.88. The molecule has 0 fully saturated rings. The maximum atomic E-state index is 12.1. The number of furan rings is 1. The maximum Gasteiger partial charge on any atom is 0.251 e. The molecule has 1 aromatic carbocycles. The predicted molar refractivity (Wildman–Crippen MR) is 76.4 cm³/mol. The Bertz CT molecular complexity index is 532. The minimum absolute atomic E-state index is 0.138. The standard InChI is InChI=1S/C13H11Br2NO2/c1-8(12-3-2-4-18-12)16-13(17)9-5-10(14)7-11(15)6-9/h2-8H,1H3,(H,16,17). The van der Waals surface area contributed by atoms with E-state index in [0.29, 0.717) is 5.56 Å². The molecule has 1 aromatic heterocycles. The van der Waals surface area contributed by atoms with E-state index in [4.69, 9.17) is 4.42 Å². The Kier molecular flexibility index (Phi) is 4.24. The molecule has 1 N–H and O–H groups in total. The number of carbonyl (C=O) groups is 1. The molecular formula is C13H11Br2NO2. The molecule has 3 nitrogen and oxygen atoms in total. The van der Waals surface area contributed by atoms with Crippen molar-refractivity contribution in [1.82, 2.24) is 5.32 Å². The van der Waals surface area contributed by atoms with Gasteiger partial charge in [0, 0.05) is 14.5 Å². The van der Waals surface area contributed by atoms with Gasteiger partial charge in [-0.15, -0.1) is 0 Å². The Labute approximate surface area is 122 Å². The van der Waals surface area contributed by atoms with Crippen LogP contribution >= 0.6 is 31.9 Å². The van der Waals surface area contributed by atoms with Crippen LogP contribution in [-0.2, 0) is 0 Å².